The van der Waals surface area contributed by atoms with Crippen LogP contribution < -0.4 is 20.1 Å². The van der Waals surface area contributed by atoms with Crippen molar-refractivity contribution in [1.82, 2.24) is 5.32 Å². The lowest BCUT2D eigenvalue weighted by Crippen LogP contribution is -2.39. The maximum absolute atomic E-state index is 12.1. The van der Waals surface area contributed by atoms with Gasteiger partial charge in [-0.2, -0.15) is 0 Å². The van der Waals surface area contributed by atoms with Gasteiger partial charge in [-0.15, -0.1) is 0 Å². The van der Waals surface area contributed by atoms with Crippen molar-refractivity contribution < 1.29 is 19.2 Å². The molecule has 0 spiro atoms. The Morgan fingerprint density at radius 1 is 1.24 bits per heavy atom. The molecule has 0 saturated carbocycles. The van der Waals surface area contributed by atoms with E-state index in [9.17, 15) is 14.9 Å². The van der Waals surface area contributed by atoms with Gasteiger partial charge in [-0.3, -0.25) is 10.1 Å². The summed E-state index contributed by atoms with van der Waals surface area (Å²) < 4.78 is 10.6. The molecule has 8 nitrogen and oxygen atoms in total. The van der Waals surface area contributed by atoms with E-state index in [0.29, 0.717) is 16.5 Å². The highest BCUT2D eigenvalue weighted by molar-refractivity contribution is 6.30. The third kappa shape index (κ3) is 5.25. The van der Waals surface area contributed by atoms with Crippen LogP contribution in [0.2, 0.25) is 5.02 Å². The predicted molar refractivity (Wildman–Crippen MR) is 93.3 cm³/mol. The van der Waals surface area contributed by atoms with E-state index < -0.39 is 17.2 Å². The summed E-state index contributed by atoms with van der Waals surface area (Å²) in [5.74, 6) is 0.831. The Balaban J connectivity index is 2.00. The van der Waals surface area contributed by atoms with Gasteiger partial charge < -0.3 is 20.1 Å². The van der Waals surface area contributed by atoms with Crippen molar-refractivity contribution in [2.24, 2.45) is 0 Å². The number of ether oxygens (including phenoxy) is 2. The first-order chi connectivity index (χ1) is 11.9. The quantitative estimate of drug-likeness (QED) is 0.460. The molecule has 2 amide bonds. The molecule has 0 heterocycles. The highest BCUT2D eigenvalue weighted by Crippen LogP contribution is 2.28. The van der Waals surface area contributed by atoms with E-state index >= 15 is 0 Å². The Hall–Kier alpha value is -3.00. The minimum Gasteiger partial charge on any atom is -0.495 e. The number of carbonyl (C=O) groups excluding carboxylic acids is 1. The lowest BCUT2D eigenvalue weighted by molar-refractivity contribution is -0.384. The minimum absolute atomic E-state index is 0.165. The third-order valence-corrected chi connectivity index (χ3v) is 3.35. The average molecular weight is 366 g/mol. The van der Waals surface area contributed by atoms with Gasteiger partial charge in [0.05, 0.1) is 17.7 Å². The number of nitrogens with zero attached hydrogens (tertiary/aromatic N) is 1. The summed E-state index contributed by atoms with van der Waals surface area (Å²) in [7, 11) is 1.40. The molecule has 2 N–H and O–H groups in total. The van der Waals surface area contributed by atoms with Crippen LogP contribution in [0.5, 0.6) is 11.5 Å². The van der Waals surface area contributed by atoms with E-state index in [4.69, 9.17) is 21.1 Å². The van der Waals surface area contributed by atoms with Gasteiger partial charge in [0.1, 0.15) is 11.5 Å². The summed E-state index contributed by atoms with van der Waals surface area (Å²) >= 11 is 5.79. The van der Waals surface area contributed by atoms with E-state index in [0.717, 1.165) is 0 Å². The first-order valence-corrected chi connectivity index (χ1v) is 7.59. The molecule has 25 heavy (non-hydrogen) atoms. The van der Waals surface area contributed by atoms with Crippen molar-refractivity contribution in [3.05, 3.63) is 57.6 Å². The number of nitrogens with one attached hydrogen (secondary N) is 2. The summed E-state index contributed by atoms with van der Waals surface area (Å²) in [6, 6.07) is 9.97. The summed E-state index contributed by atoms with van der Waals surface area (Å²) in [5.41, 5.74) is 0.00876. The standard InChI is InChI=1S/C16H16ClN3O5/c1-10(25-13-6-3-11(17)4-7-13)18-16(21)19-14-9-12(20(22)23)5-8-15(14)24-2/h3-10H,1-2H3,(H2,18,19,21). The number of urea groups is 1. The number of rotatable bonds is 6. The van der Waals surface area contributed by atoms with E-state index in [2.05, 4.69) is 10.6 Å². The van der Waals surface area contributed by atoms with E-state index in [1.54, 1.807) is 31.2 Å². The van der Waals surface area contributed by atoms with E-state index in [1.165, 1.54) is 25.3 Å². The molecule has 1 atom stereocenters. The van der Waals surface area contributed by atoms with Gasteiger partial charge in [-0.1, -0.05) is 11.6 Å². The molecule has 1 unspecified atom stereocenters. The fourth-order valence-electron chi connectivity index (χ4n) is 2.00. The zero-order valence-corrected chi connectivity index (χ0v) is 14.2. The van der Waals surface area contributed by atoms with Gasteiger partial charge in [0.25, 0.3) is 5.69 Å². The number of methoxy groups -OCH3 is 1. The second kappa shape index (κ2) is 8.20. The van der Waals surface area contributed by atoms with Crippen LogP contribution in [0.3, 0.4) is 0 Å². The topological polar surface area (TPSA) is 103 Å². The van der Waals surface area contributed by atoms with Gasteiger partial charge in [-0.25, -0.2) is 4.79 Å². The fraction of sp³-hybridized carbons (Fsp3) is 0.188. The molecule has 0 aliphatic heterocycles. The average Bonchev–Trinajstić information content (AvgIpc) is 2.56. The molecule has 0 saturated heterocycles. The van der Waals surface area contributed by atoms with Gasteiger partial charge in [0.2, 0.25) is 0 Å². The largest absolute Gasteiger partial charge is 0.495 e. The summed E-state index contributed by atoms with van der Waals surface area (Å²) in [4.78, 5) is 22.4. The number of anilines is 1. The molecule has 2 aromatic rings. The number of carbonyl (C=O) groups is 1. The molecule has 0 bridgehead atoms. The number of halogens is 1. The van der Waals surface area contributed by atoms with Crippen LogP contribution in [0, 0.1) is 10.1 Å². The van der Waals surface area contributed by atoms with Crippen molar-refractivity contribution in [1.29, 1.82) is 0 Å². The molecule has 0 radical (unpaired) electrons. The zero-order chi connectivity index (χ0) is 18.4. The lowest BCUT2D eigenvalue weighted by atomic mass is 10.2. The Morgan fingerprint density at radius 3 is 2.52 bits per heavy atom. The molecule has 2 aromatic carbocycles. The van der Waals surface area contributed by atoms with Crippen LogP contribution in [0.15, 0.2) is 42.5 Å². The summed E-state index contributed by atoms with van der Waals surface area (Å²) in [6.45, 7) is 1.64. The minimum atomic E-state index is -0.647. The van der Waals surface area contributed by atoms with Crippen LogP contribution in [-0.4, -0.2) is 24.3 Å². The Kier molecular flexibility index (Phi) is 6.02. The van der Waals surface area contributed by atoms with Crippen molar-refractivity contribution in [2.45, 2.75) is 13.2 Å². The number of benzene rings is 2. The number of non-ortho nitro benzene ring substituents is 1. The molecular weight excluding hydrogens is 350 g/mol. The van der Waals surface area contributed by atoms with Gasteiger partial charge in [0, 0.05) is 17.2 Å². The van der Waals surface area contributed by atoms with Crippen molar-refractivity contribution >= 4 is 29.0 Å². The van der Waals surface area contributed by atoms with Crippen LogP contribution in [0.25, 0.3) is 0 Å². The SMILES string of the molecule is COc1ccc([N+](=O)[O-])cc1NC(=O)NC(C)Oc1ccc(Cl)cc1. The molecule has 0 aliphatic rings. The number of amides is 2. The maximum Gasteiger partial charge on any atom is 0.322 e. The Bertz CT molecular complexity index is 767. The fourth-order valence-corrected chi connectivity index (χ4v) is 2.12. The molecule has 0 aliphatic carbocycles. The second-order valence-electron chi connectivity index (χ2n) is 4.95. The van der Waals surface area contributed by atoms with Crippen LogP contribution >= 0.6 is 11.6 Å². The first kappa shape index (κ1) is 18.3. The molecule has 2 rings (SSSR count). The van der Waals surface area contributed by atoms with Crippen LogP contribution in [-0.2, 0) is 0 Å². The summed E-state index contributed by atoms with van der Waals surface area (Å²) in [6.07, 6.45) is -0.647. The smallest absolute Gasteiger partial charge is 0.322 e. The first-order valence-electron chi connectivity index (χ1n) is 7.21. The predicted octanol–water partition coefficient (Wildman–Crippen LogP) is 3.80. The highest BCUT2D eigenvalue weighted by atomic mass is 35.5. The normalized spacial score (nSPS) is 11.3. The molecular formula is C16H16ClN3O5. The molecule has 0 fully saturated rings. The van der Waals surface area contributed by atoms with Crippen LogP contribution in [0.1, 0.15) is 6.92 Å². The monoisotopic (exact) mass is 365 g/mol. The number of nitro groups is 1. The molecule has 0 aromatic heterocycles. The molecule has 9 heteroatoms. The van der Waals surface area contributed by atoms with Gasteiger partial charge in [-0.05, 0) is 37.3 Å². The highest BCUT2D eigenvalue weighted by Gasteiger charge is 2.15. The maximum atomic E-state index is 12.1. The van der Waals surface area contributed by atoms with Gasteiger partial charge >= 0.3 is 6.03 Å². The second-order valence-corrected chi connectivity index (χ2v) is 5.39. The zero-order valence-electron chi connectivity index (χ0n) is 13.5. The van der Waals surface area contributed by atoms with Gasteiger partial charge in [0.15, 0.2) is 6.23 Å². The number of nitro benzene ring substituents is 1. The molecule has 132 valence electrons. The third-order valence-electron chi connectivity index (χ3n) is 3.10. The van der Waals surface area contributed by atoms with Crippen LogP contribution in [0.4, 0.5) is 16.2 Å². The van der Waals surface area contributed by atoms with Crippen molar-refractivity contribution in [2.75, 3.05) is 12.4 Å². The Morgan fingerprint density at radius 2 is 1.92 bits per heavy atom. The van der Waals surface area contributed by atoms with E-state index in [1.807, 2.05) is 0 Å². The number of hydrogen-bond acceptors (Lipinski definition) is 5. The van der Waals surface area contributed by atoms with E-state index in [-0.39, 0.29) is 11.4 Å². The lowest BCUT2D eigenvalue weighted by Gasteiger charge is -2.17. The number of hydrogen-bond donors (Lipinski definition) is 2. The summed E-state index contributed by atoms with van der Waals surface area (Å²) in [5, 5.41) is 16.5. The van der Waals surface area contributed by atoms with Crippen molar-refractivity contribution in [3.63, 3.8) is 0 Å². The van der Waals surface area contributed by atoms with Crippen molar-refractivity contribution in [3.8, 4) is 11.5 Å². The Labute approximate surface area is 148 Å².